The number of methoxy groups -OCH3 is 1. The molecular weight excluding hydrogens is 162 g/mol. The lowest BCUT2D eigenvalue weighted by Crippen LogP contribution is -2.32. The zero-order valence-electron chi connectivity index (χ0n) is 7.59. The Morgan fingerprint density at radius 3 is 2.42 bits per heavy atom. The highest BCUT2D eigenvalue weighted by Crippen LogP contribution is 2.28. The first-order chi connectivity index (χ1) is 5.65. The summed E-state index contributed by atoms with van der Waals surface area (Å²) in [4.78, 5) is 0. The van der Waals surface area contributed by atoms with Gasteiger partial charge in [-0.1, -0.05) is 6.92 Å². The molecule has 1 nitrogen and oxygen atoms in total. The van der Waals surface area contributed by atoms with E-state index in [9.17, 15) is 8.78 Å². The van der Waals surface area contributed by atoms with Crippen molar-refractivity contribution in [2.24, 2.45) is 5.92 Å². The second kappa shape index (κ2) is 4.17. The van der Waals surface area contributed by atoms with Gasteiger partial charge in [-0.2, -0.15) is 0 Å². The minimum Gasteiger partial charge on any atom is -0.375 e. The van der Waals surface area contributed by atoms with Crippen LogP contribution in [0.25, 0.3) is 0 Å². The molecule has 4 unspecified atom stereocenters. The van der Waals surface area contributed by atoms with Crippen molar-refractivity contribution in [1.82, 2.24) is 0 Å². The summed E-state index contributed by atoms with van der Waals surface area (Å²) < 4.78 is 31.2. The average molecular weight is 178 g/mol. The van der Waals surface area contributed by atoms with Crippen LogP contribution in [0.15, 0.2) is 0 Å². The Bertz CT molecular complexity index is 140. The van der Waals surface area contributed by atoms with E-state index in [0.717, 1.165) is 6.42 Å². The van der Waals surface area contributed by atoms with Gasteiger partial charge in [-0.05, 0) is 25.2 Å². The summed E-state index contributed by atoms with van der Waals surface area (Å²) in [7, 11) is 1.37. The van der Waals surface area contributed by atoms with Gasteiger partial charge in [-0.25, -0.2) is 8.78 Å². The normalized spacial score (nSPS) is 44.0. The molecule has 1 rings (SSSR count). The Labute approximate surface area is 72.1 Å². The minimum absolute atomic E-state index is 0.276. The van der Waals surface area contributed by atoms with Gasteiger partial charge in [0.15, 0.2) is 0 Å². The molecule has 0 radical (unpaired) electrons. The molecule has 0 saturated heterocycles. The van der Waals surface area contributed by atoms with Crippen molar-refractivity contribution in [3.05, 3.63) is 0 Å². The maximum atomic E-state index is 13.2. The predicted molar refractivity (Wildman–Crippen MR) is 43.6 cm³/mol. The molecule has 1 aliphatic carbocycles. The van der Waals surface area contributed by atoms with Gasteiger partial charge in [0.25, 0.3) is 0 Å². The first-order valence-corrected chi connectivity index (χ1v) is 4.46. The van der Waals surface area contributed by atoms with Crippen molar-refractivity contribution in [2.45, 2.75) is 44.6 Å². The van der Waals surface area contributed by atoms with Crippen LogP contribution in [0.1, 0.15) is 26.2 Å². The molecule has 0 aromatic carbocycles. The Morgan fingerprint density at radius 1 is 1.17 bits per heavy atom. The SMILES string of the molecule is COC1C(F)CCC(C)CC1F. The third-order valence-corrected chi connectivity index (χ3v) is 2.55. The van der Waals surface area contributed by atoms with Crippen LogP contribution in [0, 0.1) is 5.92 Å². The van der Waals surface area contributed by atoms with Crippen LogP contribution in [0.4, 0.5) is 8.78 Å². The van der Waals surface area contributed by atoms with Gasteiger partial charge in [-0.3, -0.25) is 0 Å². The van der Waals surface area contributed by atoms with Crippen LogP contribution in [0.3, 0.4) is 0 Å². The van der Waals surface area contributed by atoms with Gasteiger partial charge >= 0.3 is 0 Å². The van der Waals surface area contributed by atoms with Crippen molar-refractivity contribution >= 4 is 0 Å². The van der Waals surface area contributed by atoms with Crippen molar-refractivity contribution in [2.75, 3.05) is 7.11 Å². The van der Waals surface area contributed by atoms with Crippen LogP contribution in [0.5, 0.6) is 0 Å². The lowest BCUT2D eigenvalue weighted by molar-refractivity contribution is -0.0207. The summed E-state index contributed by atoms with van der Waals surface area (Å²) >= 11 is 0. The summed E-state index contributed by atoms with van der Waals surface area (Å²) in [5, 5.41) is 0. The van der Waals surface area contributed by atoms with Crippen LogP contribution in [-0.2, 0) is 4.74 Å². The van der Waals surface area contributed by atoms with E-state index >= 15 is 0 Å². The van der Waals surface area contributed by atoms with Crippen molar-refractivity contribution in [1.29, 1.82) is 0 Å². The standard InChI is InChI=1S/C9H16F2O/c1-6-3-4-7(10)9(12-2)8(11)5-6/h6-9H,3-5H2,1-2H3. The number of hydrogen-bond donors (Lipinski definition) is 0. The lowest BCUT2D eigenvalue weighted by Gasteiger charge is -2.19. The monoisotopic (exact) mass is 178 g/mol. The molecule has 1 saturated carbocycles. The molecule has 0 aliphatic heterocycles. The highest BCUT2D eigenvalue weighted by molar-refractivity contribution is 4.83. The predicted octanol–water partition coefficient (Wildman–Crippen LogP) is 2.50. The first kappa shape index (κ1) is 9.90. The molecular formula is C9H16F2O. The topological polar surface area (TPSA) is 9.23 Å². The lowest BCUT2D eigenvalue weighted by atomic mass is 10.0. The zero-order chi connectivity index (χ0) is 9.14. The van der Waals surface area contributed by atoms with E-state index in [1.54, 1.807) is 0 Å². The molecule has 3 heteroatoms. The molecule has 0 bridgehead atoms. The van der Waals surface area contributed by atoms with Gasteiger partial charge in [0, 0.05) is 7.11 Å². The van der Waals surface area contributed by atoms with E-state index in [4.69, 9.17) is 4.74 Å². The number of ether oxygens (including phenoxy) is 1. The van der Waals surface area contributed by atoms with Crippen LogP contribution in [0.2, 0.25) is 0 Å². The Morgan fingerprint density at radius 2 is 1.83 bits per heavy atom. The van der Waals surface area contributed by atoms with Gasteiger partial charge in [0.2, 0.25) is 0 Å². The van der Waals surface area contributed by atoms with E-state index in [1.807, 2.05) is 6.92 Å². The molecule has 12 heavy (non-hydrogen) atoms. The van der Waals surface area contributed by atoms with E-state index < -0.39 is 18.4 Å². The summed E-state index contributed by atoms with van der Waals surface area (Å²) in [5.41, 5.74) is 0. The third-order valence-electron chi connectivity index (χ3n) is 2.55. The van der Waals surface area contributed by atoms with E-state index in [0.29, 0.717) is 12.8 Å². The summed E-state index contributed by atoms with van der Waals surface area (Å²) in [6, 6.07) is 0. The second-order valence-electron chi connectivity index (χ2n) is 3.65. The number of halogens is 2. The molecule has 0 spiro atoms. The van der Waals surface area contributed by atoms with Crippen LogP contribution < -0.4 is 0 Å². The van der Waals surface area contributed by atoms with Crippen molar-refractivity contribution < 1.29 is 13.5 Å². The fraction of sp³-hybridized carbons (Fsp3) is 1.00. The fourth-order valence-electron chi connectivity index (χ4n) is 1.77. The van der Waals surface area contributed by atoms with Crippen LogP contribution >= 0.6 is 0 Å². The highest BCUT2D eigenvalue weighted by Gasteiger charge is 2.33. The van der Waals surface area contributed by atoms with Crippen molar-refractivity contribution in [3.63, 3.8) is 0 Å². The molecule has 0 N–H and O–H groups in total. The maximum Gasteiger partial charge on any atom is 0.129 e. The molecule has 72 valence electrons. The van der Waals surface area contributed by atoms with Gasteiger partial charge in [0.1, 0.15) is 18.4 Å². The van der Waals surface area contributed by atoms with Crippen molar-refractivity contribution in [3.8, 4) is 0 Å². The van der Waals surface area contributed by atoms with Crippen LogP contribution in [-0.4, -0.2) is 25.6 Å². The number of hydrogen-bond acceptors (Lipinski definition) is 1. The highest BCUT2D eigenvalue weighted by atomic mass is 19.1. The van der Waals surface area contributed by atoms with Gasteiger partial charge < -0.3 is 4.74 Å². The minimum atomic E-state index is -1.14. The summed E-state index contributed by atoms with van der Waals surface area (Å²) in [5.74, 6) is 0.276. The quantitative estimate of drug-likeness (QED) is 0.560. The van der Waals surface area contributed by atoms with E-state index in [2.05, 4.69) is 0 Å². The zero-order valence-corrected chi connectivity index (χ0v) is 7.59. The largest absolute Gasteiger partial charge is 0.375 e. The van der Waals surface area contributed by atoms with Gasteiger partial charge in [0.05, 0.1) is 0 Å². The smallest absolute Gasteiger partial charge is 0.129 e. The number of rotatable bonds is 1. The average Bonchev–Trinajstić information content (AvgIpc) is 2.12. The number of alkyl halides is 2. The molecule has 0 aromatic heterocycles. The fourth-order valence-corrected chi connectivity index (χ4v) is 1.77. The molecule has 1 fully saturated rings. The second-order valence-corrected chi connectivity index (χ2v) is 3.65. The summed E-state index contributed by atoms with van der Waals surface area (Å²) in [6.45, 7) is 1.96. The molecule has 0 amide bonds. The molecule has 0 aromatic rings. The maximum absolute atomic E-state index is 13.2. The first-order valence-electron chi connectivity index (χ1n) is 4.46. The molecule has 4 atom stereocenters. The Hall–Kier alpha value is -0.180. The third kappa shape index (κ3) is 2.16. The Kier molecular flexibility index (Phi) is 3.44. The molecule has 0 heterocycles. The summed E-state index contributed by atoms with van der Waals surface area (Å²) in [6.07, 6.45) is -1.48. The molecule has 1 aliphatic rings. The van der Waals surface area contributed by atoms with E-state index in [1.165, 1.54) is 7.11 Å². The van der Waals surface area contributed by atoms with Gasteiger partial charge in [-0.15, -0.1) is 0 Å². The van der Waals surface area contributed by atoms with E-state index in [-0.39, 0.29) is 5.92 Å². The Balaban J connectivity index is 2.58.